The van der Waals surface area contributed by atoms with Gasteiger partial charge < -0.3 is 4.90 Å². The first-order chi connectivity index (χ1) is 13.5. The van der Waals surface area contributed by atoms with Crippen molar-refractivity contribution in [3.63, 3.8) is 0 Å². The highest BCUT2D eigenvalue weighted by Crippen LogP contribution is 2.27. The van der Waals surface area contributed by atoms with Gasteiger partial charge in [-0.3, -0.25) is 19.3 Å². The molecule has 0 bridgehead atoms. The number of hydrogen-bond donors (Lipinski definition) is 0. The summed E-state index contributed by atoms with van der Waals surface area (Å²) in [5.74, 6) is -0.322. The Morgan fingerprint density at radius 1 is 0.929 bits per heavy atom. The quantitative estimate of drug-likeness (QED) is 0.769. The lowest BCUT2D eigenvalue weighted by atomic mass is 10.1. The maximum Gasteiger partial charge on any atom is 0.253 e. The van der Waals surface area contributed by atoms with Crippen LogP contribution in [0.1, 0.15) is 22.3 Å². The van der Waals surface area contributed by atoms with E-state index in [9.17, 15) is 14.4 Å². The third kappa shape index (κ3) is 3.43. The molecule has 0 aromatic heterocycles. The molecule has 3 amide bonds. The van der Waals surface area contributed by atoms with Crippen LogP contribution in [0.3, 0.4) is 0 Å². The van der Waals surface area contributed by atoms with Crippen LogP contribution in [-0.2, 0) is 9.59 Å². The largest absolute Gasteiger partial charge is 0.336 e. The Morgan fingerprint density at radius 3 is 2.32 bits per heavy atom. The van der Waals surface area contributed by atoms with E-state index in [0.717, 1.165) is 5.56 Å². The van der Waals surface area contributed by atoms with Crippen molar-refractivity contribution in [3.05, 3.63) is 65.7 Å². The molecular formula is C22H23N3O3. The molecule has 6 heteroatoms. The fraction of sp³-hybridized carbons (Fsp3) is 0.318. The van der Waals surface area contributed by atoms with E-state index in [0.29, 0.717) is 37.4 Å². The van der Waals surface area contributed by atoms with Gasteiger partial charge in [-0.25, -0.2) is 4.90 Å². The molecule has 2 aromatic rings. The first-order valence-corrected chi connectivity index (χ1v) is 9.56. The standard InChI is InChI=1S/C22H23N3O3/c1-16-6-5-9-18(14-16)25-20(26)15-19(22(25)28)23-10-12-24(13-11-23)21(27)17-7-3-2-4-8-17/h2-9,14,19H,10-13,15H2,1H3/t19-/m0/s1. The summed E-state index contributed by atoms with van der Waals surface area (Å²) in [5, 5.41) is 0. The normalized spacial score (nSPS) is 20.7. The van der Waals surface area contributed by atoms with E-state index >= 15 is 0 Å². The van der Waals surface area contributed by atoms with Gasteiger partial charge in [0, 0.05) is 31.7 Å². The van der Waals surface area contributed by atoms with Gasteiger partial charge in [0.2, 0.25) is 5.91 Å². The lowest BCUT2D eigenvalue weighted by Gasteiger charge is -2.37. The van der Waals surface area contributed by atoms with Crippen molar-refractivity contribution in [2.45, 2.75) is 19.4 Å². The SMILES string of the molecule is Cc1cccc(N2C(=O)C[C@H](N3CCN(C(=O)c4ccccc4)CC3)C2=O)c1. The molecule has 0 N–H and O–H groups in total. The van der Waals surface area contributed by atoms with Gasteiger partial charge in [-0.05, 0) is 36.8 Å². The summed E-state index contributed by atoms with van der Waals surface area (Å²) in [4.78, 5) is 43.2. The molecule has 0 unspecified atom stereocenters. The van der Waals surface area contributed by atoms with E-state index in [4.69, 9.17) is 0 Å². The number of rotatable bonds is 3. The smallest absolute Gasteiger partial charge is 0.253 e. The van der Waals surface area contributed by atoms with Crippen LogP contribution in [-0.4, -0.2) is 59.7 Å². The highest BCUT2D eigenvalue weighted by molar-refractivity contribution is 6.22. The summed E-state index contributed by atoms with van der Waals surface area (Å²) in [6.07, 6.45) is 0.194. The highest BCUT2D eigenvalue weighted by atomic mass is 16.2. The van der Waals surface area contributed by atoms with Crippen LogP contribution in [0.4, 0.5) is 5.69 Å². The average molecular weight is 377 g/mol. The van der Waals surface area contributed by atoms with Crippen LogP contribution in [0.15, 0.2) is 54.6 Å². The first-order valence-electron chi connectivity index (χ1n) is 9.56. The number of hydrogen-bond acceptors (Lipinski definition) is 4. The second-order valence-electron chi connectivity index (χ2n) is 7.32. The Balaban J connectivity index is 1.42. The summed E-state index contributed by atoms with van der Waals surface area (Å²) in [6.45, 7) is 4.22. The molecule has 2 fully saturated rings. The lowest BCUT2D eigenvalue weighted by molar-refractivity contribution is -0.123. The number of imide groups is 1. The predicted octanol–water partition coefficient (Wildman–Crippen LogP) is 2.08. The number of benzene rings is 2. The van der Waals surface area contributed by atoms with Crippen LogP contribution in [0, 0.1) is 6.92 Å². The van der Waals surface area contributed by atoms with Crippen molar-refractivity contribution in [2.75, 3.05) is 31.1 Å². The van der Waals surface area contributed by atoms with Gasteiger partial charge in [-0.1, -0.05) is 30.3 Å². The fourth-order valence-electron chi connectivity index (χ4n) is 3.94. The number of aryl methyl sites for hydroxylation is 1. The van der Waals surface area contributed by atoms with E-state index in [2.05, 4.69) is 0 Å². The summed E-state index contributed by atoms with van der Waals surface area (Å²) >= 11 is 0. The van der Waals surface area contributed by atoms with Crippen molar-refractivity contribution in [1.29, 1.82) is 0 Å². The molecule has 144 valence electrons. The topological polar surface area (TPSA) is 60.9 Å². The van der Waals surface area contributed by atoms with Gasteiger partial charge in [0.05, 0.1) is 18.2 Å². The third-order valence-corrected chi connectivity index (χ3v) is 5.45. The molecule has 0 saturated carbocycles. The minimum absolute atomic E-state index is 0.00969. The third-order valence-electron chi connectivity index (χ3n) is 5.45. The van der Waals surface area contributed by atoms with E-state index in [1.165, 1.54) is 4.90 Å². The number of anilines is 1. The van der Waals surface area contributed by atoms with Crippen molar-refractivity contribution >= 4 is 23.4 Å². The van der Waals surface area contributed by atoms with Gasteiger partial charge in [0.25, 0.3) is 11.8 Å². The Kier molecular flexibility index (Phi) is 4.96. The summed E-state index contributed by atoms with van der Waals surface area (Å²) in [5.41, 5.74) is 2.32. The number of piperazine rings is 1. The number of amides is 3. The molecule has 28 heavy (non-hydrogen) atoms. The van der Waals surface area contributed by atoms with E-state index in [-0.39, 0.29) is 24.1 Å². The van der Waals surface area contributed by atoms with Crippen molar-refractivity contribution in [1.82, 2.24) is 9.80 Å². The minimum Gasteiger partial charge on any atom is -0.336 e. The maximum absolute atomic E-state index is 12.9. The Morgan fingerprint density at radius 2 is 1.64 bits per heavy atom. The van der Waals surface area contributed by atoms with E-state index in [1.807, 2.05) is 65.3 Å². The summed E-state index contributed by atoms with van der Waals surface area (Å²) in [7, 11) is 0. The summed E-state index contributed by atoms with van der Waals surface area (Å²) in [6, 6.07) is 16.2. The zero-order valence-electron chi connectivity index (χ0n) is 15.9. The zero-order chi connectivity index (χ0) is 19.7. The van der Waals surface area contributed by atoms with Crippen molar-refractivity contribution < 1.29 is 14.4 Å². The first kappa shape index (κ1) is 18.4. The monoisotopic (exact) mass is 377 g/mol. The lowest BCUT2D eigenvalue weighted by Crippen LogP contribution is -2.53. The fourth-order valence-corrected chi connectivity index (χ4v) is 3.94. The predicted molar refractivity (Wildman–Crippen MR) is 106 cm³/mol. The average Bonchev–Trinajstić information content (AvgIpc) is 3.02. The molecule has 0 aliphatic carbocycles. The zero-order valence-corrected chi connectivity index (χ0v) is 15.9. The van der Waals surface area contributed by atoms with E-state index < -0.39 is 6.04 Å². The van der Waals surface area contributed by atoms with Crippen LogP contribution >= 0.6 is 0 Å². The van der Waals surface area contributed by atoms with Crippen molar-refractivity contribution in [2.24, 2.45) is 0 Å². The molecule has 4 rings (SSSR count). The molecule has 0 radical (unpaired) electrons. The van der Waals surface area contributed by atoms with Crippen LogP contribution in [0.5, 0.6) is 0 Å². The second-order valence-corrected chi connectivity index (χ2v) is 7.32. The van der Waals surface area contributed by atoms with E-state index in [1.54, 1.807) is 6.07 Å². The molecule has 0 spiro atoms. The minimum atomic E-state index is -0.443. The number of nitrogens with zero attached hydrogens (tertiary/aromatic N) is 3. The van der Waals surface area contributed by atoms with Gasteiger partial charge in [-0.2, -0.15) is 0 Å². The van der Waals surface area contributed by atoms with Crippen molar-refractivity contribution in [3.8, 4) is 0 Å². The maximum atomic E-state index is 12.9. The summed E-state index contributed by atoms with van der Waals surface area (Å²) < 4.78 is 0. The molecule has 2 heterocycles. The molecule has 2 aliphatic rings. The highest BCUT2D eigenvalue weighted by Gasteiger charge is 2.43. The number of carbonyl (C=O) groups is 3. The molecule has 2 aromatic carbocycles. The molecule has 2 saturated heterocycles. The molecular weight excluding hydrogens is 354 g/mol. The van der Waals surface area contributed by atoms with Gasteiger partial charge in [0.15, 0.2) is 0 Å². The van der Waals surface area contributed by atoms with Crippen LogP contribution in [0.2, 0.25) is 0 Å². The van der Waals surface area contributed by atoms with Crippen LogP contribution < -0.4 is 4.90 Å². The Labute approximate surface area is 164 Å². The Hall–Kier alpha value is -2.99. The number of carbonyl (C=O) groups excluding carboxylic acids is 3. The van der Waals surface area contributed by atoms with Gasteiger partial charge in [0.1, 0.15) is 0 Å². The van der Waals surface area contributed by atoms with Crippen LogP contribution in [0.25, 0.3) is 0 Å². The molecule has 2 aliphatic heterocycles. The molecule has 1 atom stereocenters. The second kappa shape index (κ2) is 7.56. The van der Waals surface area contributed by atoms with Gasteiger partial charge >= 0.3 is 0 Å². The van der Waals surface area contributed by atoms with Gasteiger partial charge in [-0.15, -0.1) is 0 Å². The molecule has 6 nitrogen and oxygen atoms in total. The Bertz CT molecular complexity index is 904.